The number of aryl methyl sites for hydroxylation is 1. The van der Waals surface area contributed by atoms with Crippen LogP contribution in [0.3, 0.4) is 0 Å². The predicted octanol–water partition coefficient (Wildman–Crippen LogP) is 5.01. The molecule has 0 radical (unpaired) electrons. The summed E-state index contributed by atoms with van der Waals surface area (Å²) in [6, 6.07) is 16.7. The number of hydrogen-bond donors (Lipinski definition) is 0. The number of piperidine rings is 1. The molecular weight excluding hydrogens is 438 g/mol. The second-order valence-corrected chi connectivity index (χ2v) is 10.1. The summed E-state index contributed by atoms with van der Waals surface area (Å²) < 4.78 is 11.8. The molecule has 0 atom stereocenters. The number of pyridine rings is 1. The van der Waals surface area contributed by atoms with Gasteiger partial charge in [-0.15, -0.1) is 0 Å². The number of nitrogens with zero attached hydrogens (tertiary/aromatic N) is 3. The topological polar surface area (TPSA) is 54.9 Å². The number of aromatic nitrogens is 1. The lowest BCUT2D eigenvalue weighted by Gasteiger charge is -2.34. The van der Waals surface area contributed by atoms with Gasteiger partial charge in [-0.25, -0.2) is 0 Å². The average molecular weight is 474 g/mol. The molecule has 0 bridgehead atoms. The second-order valence-electron chi connectivity index (χ2n) is 10.1. The number of likely N-dealkylation sites (tertiary alicyclic amines) is 1. The van der Waals surface area contributed by atoms with Crippen molar-refractivity contribution < 1.29 is 14.3 Å². The minimum atomic E-state index is 0.0371. The Kier molecular flexibility index (Phi) is 6.91. The minimum Gasteiger partial charge on any atom is -0.492 e. The second kappa shape index (κ2) is 10.2. The number of carbonyl (C=O) groups is 1. The molecule has 0 unspecified atom stereocenters. The van der Waals surface area contributed by atoms with Crippen molar-refractivity contribution in [2.75, 3.05) is 37.7 Å². The quantitative estimate of drug-likeness (QED) is 0.483. The van der Waals surface area contributed by atoms with Crippen molar-refractivity contribution in [3.8, 4) is 11.5 Å². The van der Waals surface area contributed by atoms with Crippen LogP contribution in [0.1, 0.15) is 37.9 Å². The van der Waals surface area contributed by atoms with Crippen LogP contribution in [0.5, 0.6) is 11.5 Å². The maximum atomic E-state index is 12.4. The fourth-order valence-electron chi connectivity index (χ4n) is 5.30. The van der Waals surface area contributed by atoms with Gasteiger partial charge in [-0.1, -0.05) is 12.1 Å². The minimum absolute atomic E-state index is 0.0371. The Morgan fingerprint density at radius 3 is 2.74 bits per heavy atom. The molecule has 0 N–H and O–H groups in total. The zero-order valence-corrected chi connectivity index (χ0v) is 21.0. The number of carbonyl (C=O) groups excluding carboxylic acids is 1. The first-order valence-corrected chi connectivity index (χ1v) is 12.8. The third kappa shape index (κ3) is 5.27. The summed E-state index contributed by atoms with van der Waals surface area (Å²) in [5.74, 6) is 2.42. The average Bonchev–Trinajstić information content (AvgIpc) is 2.84. The molecule has 35 heavy (non-hydrogen) atoms. The Labute approximate surface area is 207 Å². The van der Waals surface area contributed by atoms with Gasteiger partial charge in [0.15, 0.2) is 6.61 Å². The van der Waals surface area contributed by atoms with Crippen LogP contribution in [0.15, 0.2) is 48.5 Å². The summed E-state index contributed by atoms with van der Waals surface area (Å²) in [5, 5.41) is 1.07. The van der Waals surface area contributed by atoms with Crippen molar-refractivity contribution in [3.63, 3.8) is 0 Å². The van der Waals surface area contributed by atoms with Gasteiger partial charge >= 0.3 is 0 Å². The molecule has 1 aromatic heterocycles. The highest BCUT2D eigenvalue weighted by Crippen LogP contribution is 2.35. The molecular formula is C29H35N3O3. The standard InChI is InChI=1S/C29H35N3O3/c1-20(2)32-26-18-23(8-10-28(26)35-19-29(32)33)17-22-11-13-31(14-12-22)15-16-34-27-6-4-5-25-24(27)9-7-21(3)30-25/h4-10,18,20,22H,11-17,19H2,1-3H3. The number of fused-ring (bicyclic) bond motifs is 2. The van der Waals surface area contributed by atoms with Gasteiger partial charge in [0.2, 0.25) is 0 Å². The highest BCUT2D eigenvalue weighted by atomic mass is 16.5. The molecule has 6 nitrogen and oxygen atoms in total. The molecule has 1 amide bonds. The highest BCUT2D eigenvalue weighted by molar-refractivity contribution is 5.98. The molecule has 6 heteroatoms. The van der Waals surface area contributed by atoms with Crippen molar-refractivity contribution in [3.05, 3.63) is 59.8 Å². The van der Waals surface area contributed by atoms with E-state index in [0.29, 0.717) is 12.5 Å². The Hall–Kier alpha value is -3.12. The smallest absolute Gasteiger partial charge is 0.265 e. The summed E-state index contributed by atoms with van der Waals surface area (Å²) in [4.78, 5) is 21.4. The van der Waals surface area contributed by atoms with Gasteiger partial charge in [-0.2, -0.15) is 0 Å². The van der Waals surface area contributed by atoms with Crippen LogP contribution in [0, 0.1) is 12.8 Å². The monoisotopic (exact) mass is 473 g/mol. The number of ether oxygens (including phenoxy) is 2. The Balaban J connectivity index is 1.12. The van der Waals surface area contributed by atoms with E-state index in [1.165, 1.54) is 18.4 Å². The van der Waals surface area contributed by atoms with Crippen LogP contribution < -0.4 is 14.4 Å². The van der Waals surface area contributed by atoms with E-state index in [1.54, 1.807) is 0 Å². The molecule has 2 aliphatic heterocycles. The van der Waals surface area contributed by atoms with E-state index >= 15 is 0 Å². The Morgan fingerprint density at radius 2 is 1.94 bits per heavy atom. The summed E-state index contributed by atoms with van der Waals surface area (Å²) in [6.45, 7) is 10.0. The lowest BCUT2D eigenvalue weighted by atomic mass is 9.90. The molecule has 184 valence electrons. The molecule has 1 fully saturated rings. The fourth-order valence-corrected chi connectivity index (χ4v) is 5.30. The molecule has 0 spiro atoms. The zero-order chi connectivity index (χ0) is 24.4. The van der Waals surface area contributed by atoms with Gasteiger partial charge in [0.05, 0.1) is 11.2 Å². The van der Waals surface area contributed by atoms with Gasteiger partial charge in [0.25, 0.3) is 5.91 Å². The van der Waals surface area contributed by atoms with Crippen LogP contribution in [0.2, 0.25) is 0 Å². The van der Waals surface area contributed by atoms with Crippen molar-refractivity contribution in [2.24, 2.45) is 5.92 Å². The Morgan fingerprint density at radius 1 is 1.11 bits per heavy atom. The van der Waals surface area contributed by atoms with Gasteiger partial charge in [0, 0.05) is 23.7 Å². The van der Waals surface area contributed by atoms with Crippen molar-refractivity contribution in [1.29, 1.82) is 0 Å². The van der Waals surface area contributed by atoms with Crippen LogP contribution in [-0.4, -0.2) is 54.7 Å². The molecule has 3 heterocycles. The van der Waals surface area contributed by atoms with E-state index in [1.807, 2.05) is 42.2 Å². The summed E-state index contributed by atoms with van der Waals surface area (Å²) >= 11 is 0. The molecule has 2 aromatic carbocycles. The number of rotatable bonds is 7. The highest BCUT2D eigenvalue weighted by Gasteiger charge is 2.28. The van der Waals surface area contributed by atoms with E-state index < -0.39 is 0 Å². The SMILES string of the molecule is Cc1ccc2c(OCCN3CCC(Cc4ccc5c(c4)N(C(C)C)C(=O)CO5)CC3)cccc2n1. The Bertz CT molecular complexity index is 1200. The van der Waals surface area contributed by atoms with Crippen molar-refractivity contribution in [2.45, 2.75) is 46.1 Å². The van der Waals surface area contributed by atoms with E-state index in [-0.39, 0.29) is 18.6 Å². The van der Waals surface area contributed by atoms with Crippen LogP contribution in [0.25, 0.3) is 10.9 Å². The first-order chi connectivity index (χ1) is 17.0. The molecule has 1 saturated heterocycles. The van der Waals surface area contributed by atoms with Gasteiger partial charge in [-0.05, 0) is 101 Å². The molecule has 0 saturated carbocycles. The third-order valence-electron chi connectivity index (χ3n) is 7.15. The molecule has 0 aliphatic carbocycles. The first kappa shape index (κ1) is 23.6. The lowest BCUT2D eigenvalue weighted by Crippen LogP contribution is -2.43. The molecule has 5 rings (SSSR count). The summed E-state index contributed by atoms with van der Waals surface area (Å²) in [6.07, 6.45) is 3.40. The predicted molar refractivity (Wildman–Crippen MR) is 139 cm³/mol. The summed E-state index contributed by atoms with van der Waals surface area (Å²) in [5.41, 5.74) is 4.21. The maximum absolute atomic E-state index is 12.4. The van der Waals surface area contributed by atoms with Crippen molar-refractivity contribution in [1.82, 2.24) is 9.88 Å². The largest absolute Gasteiger partial charge is 0.492 e. The van der Waals surface area contributed by atoms with Crippen LogP contribution in [-0.2, 0) is 11.2 Å². The number of benzene rings is 2. The van der Waals surface area contributed by atoms with Crippen LogP contribution in [0.4, 0.5) is 5.69 Å². The molecule has 2 aliphatic rings. The van der Waals surface area contributed by atoms with Gasteiger partial charge < -0.3 is 14.4 Å². The zero-order valence-electron chi connectivity index (χ0n) is 21.0. The number of hydrogen-bond acceptors (Lipinski definition) is 5. The number of amides is 1. The fraction of sp³-hybridized carbons (Fsp3) is 0.448. The normalized spacial score (nSPS) is 17.0. The van der Waals surface area contributed by atoms with Crippen molar-refractivity contribution >= 4 is 22.5 Å². The lowest BCUT2D eigenvalue weighted by molar-refractivity contribution is -0.121. The number of anilines is 1. The van der Waals surface area contributed by atoms with E-state index in [2.05, 4.69) is 41.9 Å². The summed E-state index contributed by atoms with van der Waals surface area (Å²) in [7, 11) is 0. The van der Waals surface area contributed by atoms with E-state index in [4.69, 9.17) is 9.47 Å². The van der Waals surface area contributed by atoms with E-state index in [9.17, 15) is 4.79 Å². The van der Waals surface area contributed by atoms with E-state index in [0.717, 1.165) is 59.8 Å². The first-order valence-electron chi connectivity index (χ1n) is 12.8. The van der Waals surface area contributed by atoms with Crippen LogP contribution >= 0.6 is 0 Å². The molecule has 3 aromatic rings. The third-order valence-corrected chi connectivity index (χ3v) is 7.15. The maximum Gasteiger partial charge on any atom is 0.265 e. The van der Waals surface area contributed by atoms with Gasteiger partial charge in [-0.3, -0.25) is 14.7 Å². The van der Waals surface area contributed by atoms with Gasteiger partial charge in [0.1, 0.15) is 18.1 Å².